The maximum atomic E-state index is 5.46. The zero-order valence-electron chi connectivity index (χ0n) is 9.32. The summed E-state index contributed by atoms with van der Waals surface area (Å²) in [5, 5.41) is 3.42. The van der Waals surface area contributed by atoms with Gasteiger partial charge in [-0.15, -0.1) is 0 Å². The van der Waals surface area contributed by atoms with Gasteiger partial charge in [-0.25, -0.2) is 4.98 Å². The van der Waals surface area contributed by atoms with Crippen LogP contribution in [0.3, 0.4) is 0 Å². The van der Waals surface area contributed by atoms with Crippen LogP contribution in [0.15, 0.2) is 10.6 Å². The lowest BCUT2D eigenvalue weighted by Crippen LogP contribution is -2.26. The molecule has 2 unspecified atom stereocenters. The molecule has 2 heterocycles. The molecule has 15 heavy (non-hydrogen) atoms. The second-order valence-corrected chi connectivity index (χ2v) is 4.17. The van der Waals surface area contributed by atoms with Crippen LogP contribution in [0.5, 0.6) is 0 Å². The van der Waals surface area contributed by atoms with Crippen LogP contribution in [0, 0.1) is 12.8 Å². The van der Waals surface area contributed by atoms with Gasteiger partial charge in [0, 0.05) is 13.2 Å². The summed E-state index contributed by atoms with van der Waals surface area (Å²) in [4.78, 5) is 4.20. The van der Waals surface area contributed by atoms with Crippen LogP contribution in [0.2, 0.25) is 0 Å². The Hall–Kier alpha value is -0.870. The second-order valence-electron chi connectivity index (χ2n) is 4.17. The molecule has 1 aromatic rings. The first-order chi connectivity index (χ1) is 7.25. The van der Waals surface area contributed by atoms with Crippen molar-refractivity contribution >= 4 is 0 Å². The topological polar surface area (TPSA) is 47.3 Å². The zero-order chi connectivity index (χ0) is 10.7. The molecule has 2 atom stereocenters. The Labute approximate surface area is 90.0 Å². The minimum absolute atomic E-state index is 0.180. The van der Waals surface area contributed by atoms with E-state index in [2.05, 4.69) is 17.2 Å². The summed E-state index contributed by atoms with van der Waals surface area (Å²) in [6, 6.07) is 0.180. The lowest BCUT2D eigenvalue weighted by Gasteiger charge is -2.13. The van der Waals surface area contributed by atoms with Crippen LogP contribution in [-0.2, 0) is 4.74 Å². The lowest BCUT2D eigenvalue weighted by atomic mass is 10.1. The molecule has 0 aliphatic carbocycles. The van der Waals surface area contributed by atoms with Crippen molar-refractivity contribution in [3.63, 3.8) is 0 Å². The van der Waals surface area contributed by atoms with E-state index in [0.717, 1.165) is 37.8 Å². The van der Waals surface area contributed by atoms with E-state index in [1.165, 1.54) is 0 Å². The number of hydrogen-bond acceptors (Lipinski definition) is 4. The van der Waals surface area contributed by atoms with Crippen LogP contribution in [0.4, 0.5) is 0 Å². The van der Waals surface area contributed by atoms with E-state index in [4.69, 9.17) is 9.15 Å². The Morgan fingerprint density at radius 1 is 1.67 bits per heavy atom. The van der Waals surface area contributed by atoms with E-state index in [-0.39, 0.29) is 6.04 Å². The standard InChI is InChI=1S/C11H18N2O2/c1-8-5-13-11(15-8)9(2)12-6-10-3-4-14-7-10/h5,9-10,12H,3-4,6-7H2,1-2H3. The van der Waals surface area contributed by atoms with Crippen molar-refractivity contribution in [1.29, 1.82) is 0 Å². The molecule has 0 radical (unpaired) electrons. The molecule has 4 nitrogen and oxygen atoms in total. The summed E-state index contributed by atoms with van der Waals surface area (Å²) in [6.07, 6.45) is 2.91. The highest BCUT2D eigenvalue weighted by Crippen LogP contribution is 2.15. The summed E-state index contributed by atoms with van der Waals surface area (Å²) < 4.78 is 10.8. The highest BCUT2D eigenvalue weighted by atomic mass is 16.5. The SMILES string of the molecule is Cc1cnc(C(C)NCC2CCOC2)o1. The van der Waals surface area contributed by atoms with Gasteiger partial charge < -0.3 is 14.5 Å². The number of nitrogens with zero attached hydrogens (tertiary/aromatic N) is 1. The van der Waals surface area contributed by atoms with E-state index >= 15 is 0 Å². The quantitative estimate of drug-likeness (QED) is 0.821. The Bertz CT molecular complexity index is 305. The average Bonchev–Trinajstić information content (AvgIpc) is 2.84. The Morgan fingerprint density at radius 3 is 3.13 bits per heavy atom. The maximum absolute atomic E-state index is 5.46. The van der Waals surface area contributed by atoms with Crippen molar-refractivity contribution in [2.24, 2.45) is 5.92 Å². The smallest absolute Gasteiger partial charge is 0.211 e. The third-order valence-electron chi connectivity index (χ3n) is 2.75. The van der Waals surface area contributed by atoms with E-state index < -0.39 is 0 Å². The zero-order valence-corrected chi connectivity index (χ0v) is 9.32. The normalized spacial score (nSPS) is 23.2. The van der Waals surface area contributed by atoms with Gasteiger partial charge in [0.25, 0.3) is 0 Å². The first-order valence-electron chi connectivity index (χ1n) is 5.49. The van der Waals surface area contributed by atoms with E-state index in [1.807, 2.05) is 6.92 Å². The van der Waals surface area contributed by atoms with E-state index in [0.29, 0.717) is 5.92 Å². The Morgan fingerprint density at radius 2 is 2.53 bits per heavy atom. The molecular weight excluding hydrogens is 192 g/mol. The number of ether oxygens (including phenoxy) is 1. The van der Waals surface area contributed by atoms with E-state index in [9.17, 15) is 0 Å². The molecule has 4 heteroatoms. The van der Waals surface area contributed by atoms with Gasteiger partial charge in [-0.2, -0.15) is 0 Å². The van der Waals surface area contributed by atoms with Crippen molar-refractivity contribution in [2.75, 3.05) is 19.8 Å². The van der Waals surface area contributed by atoms with Crippen molar-refractivity contribution < 1.29 is 9.15 Å². The van der Waals surface area contributed by atoms with Crippen LogP contribution in [0.1, 0.15) is 31.0 Å². The molecule has 0 amide bonds. The fraction of sp³-hybridized carbons (Fsp3) is 0.727. The highest BCUT2D eigenvalue weighted by molar-refractivity contribution is 4.95. The summed E-state index contributed by atoms with van der Waals surface area (Å²) >= 11 is 0. The van der Waals surface area contributed by atoms with Crippen LogP contribution in [-0.4, -0.2) is 24.7 Å². The summed E-state index contributed by atoms with van der Waals surface area (Å²) in [6.45, 7) is 6.74. The number of rotatable bonds is 4. The molecule has 84 valence electrons. The van der Waals surface area contributed by atoms with Gasteiger partial charge in [0.2, 0.25) is 5.89 Å². The minimum Gasteiger partial charge on any atom is -0.444 e. The van der Waals surface area contributed by atoms with Crippen LogP contribution in [0.25, 0.3) is 0 Å². The van der Waals surface area contributed by atoms with Crippen molar-refractivity contribution in [3.8, 4) is 0 Å². The fourth-order valence-electron chi connectivity index (χ4n) is 1.75. The summed E-state index contributed by atoms with van der Waals surface area (Å²) in [7, 11) is 0. The van der Waals surface area contributed by atoms with Gasteiger partial charge in [-0.1, -0.05) is 0 Å². The number of nitrogens with one attached hydrogen (secondary N) is 1. The monoisotopic (exact) mass is 210 g/mol. The number of aryl methyl sites for hydroxylation is 1. The van der Waals surface area contributed by atoms with Gasteiger partial charge in [0.05, 0.1) is 18.8 Å². The van der Waals surface area contributed by atoms with Crippen molar-refractivity contribution in [2.45, 2.75) is 26.3 Å². The first-order valence-corrected chi connectivity index (χ1v) is 5.49. The first kappa shape index (κ1) is 10.6. The van der Waals surface area contributed by atoms with Crippen molar-refractivity contribution in [1.82, 2.24) is 10.3 Å². The van der Waals surface area contributed by atoms with Gasteiger partial charge in [-0.05, 0) is 26.2 Å². The van der Waals surface area contributed by atoms with Gasteiger partial charge in [0.1, 0.15) is 5.76 Å². The van der Waals surface area contributed by atoms with Gasteiger partial charge in [0.15, 0.2) is 0 Å². The Balaban J connectivity index is 1.79. The molecule has 1 fully saturated rings. The minimum atomic E-state index is 0.180. The fourth-order valence-corrected chi connectivity index (χ4v) is 1.75. The number of hydrogen-bond donors (Lipinski definition) is 1. The highest BCUT2D eigenvalue weighted by Gasteiger charge is 2.17. The van der Waals surface area contributed by atoms with Crippen molar-refractivity contribution in [3.05, 3.63) is 17.8 Å². The van der Waals surface area contributed by atoms with Gasteiger partial charge >= 0.3 is 0 Å². The number of oxazole rings is 1. The third-order valence-corrected chi connectivity index (χ3v) is 2.75. The molecule has 1 N–H and O–H groups in total. The molecule has 1 aromatic heterocycles. The molecule has 1 saturated heterocycles. The molecule has 2 rings (SSSR count). The van der Waals surface area contributed by atoms with Gasteiger partial charge in [-0.3, -0.25) is 0 Å². The molecule has 0 saturated carbocycles. The maximum Gasteiger partial charge on any atom is 0.211 e. The molecule has 0 spiro atoms. The average molecular weight is 210 g/mol. The van der Waals surface area contributed by atoms with Crippen LogP contribution < -0.4 is 5.32 Å². The predicted molar refractivity (Wildman–Crippen MR) is 56.6 cm³/mol. The predicted octanol–water partition coefficient (Wildman–Crippen LogP) is 1.67. The number of aromatic nitrogens is 1. The molecule has 1 aliphatic heterocycles. The van der Waals surface area contributed by atoms with Crippen LogP contribution >= 0.6 is 0 Å². The molecular formula is C11H18N2O2. The van der Waals surface area contributed by atoms with E-state index in [1.54, 1.807) is 6.20 Å². The largest absolute Gasteiger partial charge is 0.444 e. The molecule has 1 aliphatic rings. The lowest BCUT2D eigenvalue weighted by molar-refractivity contribution is 0.184. The summed E-state index contributed by atoms with van der Waals surface area (Å²) in [5.74, 6) is 2.28. The summed E-state index contributed by atoms with van der Waals surface area (Å²) in [5.41, 5.74) is 0. The second kappa shape index (κ2) is 4.77. The Kier molecular flexibility index (Phi) is 3.38. The third kappa shape index (κ3) is 2.79. The molecule has 0 aromatic carbocycles. The molecule has 0 bridgehead atoms.